The molecule has 0 bridgehead atoms. The Morgan fingerprint density at radius 2 is 1.67 bits per heavy atom. The second-order valence-corrected chi connectivity index (χ2v) is 6.69. The molecule has 2 aliphatic heterocycles. The minimum atomic E-state index is -0.317. The molecular formula is C16H32N4O. The number of carbonyl (C=O) groups is 1. The van der Waals surface area contributed by atoms with Crippen molar-refractivity contribution < 1.29 is 4.79 Å². The van der Waals surface area contributed by atoms with E-state index in [0.29, 0.717) is 0 Å². The van der Waals surface area contributed by atoms with Gasteiger partial charge in [0.05, 0.1) is 6.04 Å². The van der Waals surface area contributed by atoms with Crippen LogP contribution in [0.25, 0.3) is 0 Å². The standard InChI is InChI=1S/C16H32N4O/c1-4-15(17)16(21)19-10-7-18(8-11-19)9-12-20-13(2)5-6-14(20)3/h13-15H,4-12,17H2,1-3H3/t13?,14?,15-/m0/s1. The van der Waals surface area contributed by atoms with Crippen LogP contribution in [0.4, 0.5) is 0 Å². The lowest BCUT2D eigenvalue weighted by Crippen LogP contribution is -2.54. The number of carbonyl (C=O) groups excluding carboxylic acids is 1. The van der Waals surface area contributed by atoms with Crippen molar-refractivity contribution in [3.05, 3.63) is 0 Å². The van der Waals surface area contributed by atoms with Crippen LogP contribution in [0.2, 0.25) is 0 Å². The molecule has 2 rings (SSSR count). The van der Waals surface area contributed by atoms with Crippen LogP contribution in [-0.2, 0) is 4.79 Å². The van der Waals surface area contributed by atoms with Gasteiger partial charge in [0.15, 0.2) is 0 Å². The first-order valence-electron chi connectivity index (χ1n) is 8.55. The molecule has 5 nitrogen and oxygen atoms in total. The maximum absolute atomic E-state index is 12.1. The second-order valence-electron chi connectivity index (χ2n) is 6.69. The summed E-state index contributed by atoms with van der Waals surface area (Å²) in [5.41, 5.74) is 5.84. The maximum Gasteiger partial charge on any atom is 0.239 e. The van der Waals surface area contributed by atoms with Gasteiger partial charge >= 0.3 is 0 Å². The normalized spacial score (nSPS) is 29.8. The average Bonchev–Trinajstić information content (AvgIpc) is 2.83. The molecule has 122 valence electrons. The topological polar surface area (TPSA) is 52.8 Å². The zero-order valence-corrected chi connectivity index (χ0v) is 13.9. The Kier molecular flexibility index (Phi) is 6.02. The molecule has 1 amide bonds. The van der Waals surface area contributed by atoms with Crippen molar-refractivity contribution in [2.45, 2.75) is 58.2 Å². The smallest absolute Gasteiger partial charge is 0.239 e. The zero-order valence-electron chi connectivity index (χ0n) is 13.9. The highest BCUT2D eigenvalue weighted by molar-refractivity contribution is 5.81. The summed E-state index contributed by atoms with van der Waals surface area (Å²) in [6, 6.07) is 1.14. The van der Waals surface area contributed by atoms with E-state index in [2.05, 4.69) is 23.6 Å². The molecule has 0 aromatic heterocycles. The third-order valence-corrected chi connectivity index (χ3v) is 5.25. The molecule has 5 heteroatoms. The van der Waals surface area contributed by atoms with E-state index in [1.807, 2.05) is 11.8 Å². The van der Waals surface area contributed by atoms with Gasteiger partial charge in [0.25, 0.3) is 0 Å². The SMILES string of the molecule is CC[C@H](N)C(=O)N1CCN(CCN2C(C)CCC2C)CC1. The van der Waals surface area contributed by atoms with Gasteiger partial charge in [-0.25, -0.2) is 0 Å². The lowest BCUT2D eigenvalue weighted by atomic mass is 10.2. The summed E-state index contributed by atoms with van der Waals surface area (Å²) >= 11 is 0. The monoisotopic (exact) mass is 296 g/mol. The van der Waals surface area contributed by atoms with E-state index in [1.165, 1.54) is 12.8 Å². The zero-order chi connectivity index (χ0) is 15.4. The molecule has 0 aromatic rings. The van der Waals surface area contributed by atoms with Gasteiger partial charge in [-0.15, -0.1) is 0 Å². The van der Waals surface area contributed by atoms with Gasteiger partial charge in [0.1, 0.15) is 0 Å². The molecule has 0 spiro atoms. The molecule has 2 fully saturated rings. The van der Waals surface area contributed by atoms with Gasteiger partial charge in [-0.05, 0) is 33.1 Å². The van der Waals surface area contributed by atoms with Crippen LogP contribution in [0.5, 0.6) is 0 Å². The number of hydrogen-bond donors (Lipinski definition) is 1. The summed E-state index contributed by atoms with van der Waals surface area (Å²) in [6.45, 7) is 12.6. The van der Waals surface area contributed by atoms with E-state index in [1.54, 1.807) is 0 Å². The molecule has 2 aliphatic rings. The number of rotatable bonds is 5. The van der Waals surface area contributed by atoms with Gasteiger partial charge in [-0.1, -0.05) is 6.92 Å². The lowest BCUT2D eigenvalue weighted by molar-refractivity contribution is -0.134. The van der Waals surface area contributed by atoms with E-state index in [0.717, 1.165) is 57.8 Å². The van der Waals surface area contributed by atoms with Gasteiger partial charge in [0.2, 0.25) is 5.91 Å². The Balaban J connectivity index is 1.71. The first-order chi connectivity index (χ1) is 10.0. The van der Waals surface area contributed by atoms with E-state index in [-0.39, 0.29) is 11.9 Å². The Labute approximate surface area is 129 Å². The van der Waals surface area contributed by atoms with Crippen molar-refractivity contribution in [1.29, 1.82) is 0 Å². The molecule has 2 unspecified atom stereocenters. The van der Waals surface area contributed by atoms with Crippen LogP contribution in [0.15, 0.2) is 0 Å². The van der Waals surface area contributed by atoms with Gasteiger partial charge < -0.3 is 10.6 Å². The molecule has 0 aliphatic carbocycles. The largest absolute Gasteiger partial charge is 0.339 e. The minimum absolute atomic E-state index is 0.124. The quantitative estimate of drug-likeness (QED) is 0.813. The number of amides is 1. The first-order valence-corrected chi connectivity index (χ1v) is 8.55. The summed E-state index contributed by atoms with van der Waals surface area (Å²) in [7, 11) is 0. The third-order valence-electron chi connectivity index (χ3n) is 5.25. The van der Waals surface area contributed by atoms with Crippen LogP contribution in [0.1, 0.15) is 40.0 Å². The van der Waals surface area contributed by atoms with Crippen LogP contribution >= 0.6 is 0 Å². The molecule has 3 atom stereocenters. The van der Waals surface area contributed by atoms with E-state index in [4.69, 9.17) is 5.73 Å². The summed E-state index contributed by atoms with van der Waals surface area (Å²) < 4.78 is 0. The molecule has 21 heavy (non-hydrogen) atoms. The van der Waals surface area contributed by atoms with E-state index in [9.17, 15) is 4.79 Å². The van der Waals surface area contributed by atoms with Gasteiger partial charge in [-0.2, -0.15) is 0 Å². The molecule has 2 saturated heterocycles. The van der Waals surface area contributed by atoms with Crippen LogP contribution in [0.3, 0.4) is 0 Å². The Morgan fingerprint density at radius 3 is 2.19 bits per heavy atom. The highest BCUT2D eigenvalue weighted by Crippen LogP contribution is 2.22. The van der Waals surface area contributed by atoms with E-state index < -0.39 is 0 Å². The number of hydrogen-bond acceptors (Lipinski definition) is 4. The minimum Gasteiger partial charge on any atom is -0.339 e. The predicted molar refractivity (Wildman–Crippen MR) is 86.2 cm³/mol. The van der Waals surface area contributed by atoms with Crippen molar-refractivity contribution in [3.63, 3.8) is 0 Å². The fourth-order valence-corrected chi connectivity index (χ4v) is 3.55. The second kappa shape index (κ2) is 7.56. The fraction of sp³-hybridized carbons (Fsp3) is 0.938. The number of nitrogens with zero attached hydrogens (tertiary/aromatic N) is 3. The summed E-state index contributed by atoms with van der Waals surface area (Å²) in [5.74, 6) is 0.124. The van der Waals surface area contributed by atoms with Gasteiger partial charge in [0, 0.05) is 51.4 Å². The Bertz CT molecular complexity index is 331. The van der Waals surface area contributed by atoms with Crippen molar-refractivity contribution in [1.82, 2.24) is 14.7 Å². The highest BCUT2D eigenvalue weighted by Gasteiger charge is 2.28. The van der Waals surface area contributed by atoms with Crippen LogP contribution in [0, 0.1) is 0 Å². The van der Waals surface area contributed by atoms with Gasteiger partial charge in [-0.3, -0.25) is 14.6 Å². The maximum atomic E-state index is 12.1. The average molecular weight is 296 g/mol. The fourth-order valence-electron chi connectivity index (χ4n) is 3.55. The van der Waals surface area contributed by atoms with Crippen molar-refractivity contribution in [2.24, 2.45) is 5.73 Å². The Hall–Kier alpha value is -0.650. The summed E-state index contributed by atoms with van der Waals surface area (Å²) in [4.78, 5) is 19.1. The van der Waals surface area contributed by atoms with Crippen LogP contribution in [-0.4, -0.2) is 78.0 Å². The third kappa shape index (κ3) is 4.18. The Morgan fingerprint density at radius 1 is 1.10 bits per heavy atom. The van der Waals surface area contributed by atoms with Crippen LogP contribution < -0.4 is 5.73 Å². The molecular weight excluding hydrogens is 264 g/mol. The molecule has 0 saturated carbocycles. The first kappa shape index (κ1) is 16.7. The number of nitrogens with two attached hydrogens (primary N) is 1. The molecule has 0 aromatic carbocycles. The summed E-state index contributed by atoms with van der Waals surface area (Å²) in [6.07, 6.45) is 3.39. The molecule has 0 radical (unpaired) electrons. The van der Waals surface area contributed by atoms with E-state index >= 15 is 0 Å². The number of likely N-dealkylation sites (tertiary alicyclic amines) is 1. The lowest BCUT2D eigenvalue weighted by Gasteiger charge is -2.37. The van der Waals surface area contributed by atoms with Crippen molar-refractivity contribution in [2.75, 3.05) is 39.3 Å². The van der Waals surface area contributed by atoms with Crippen molar-refractivity contribution in [3.8, 4) is 0 Å². The number of piperazine rings is 1. The molecule has 2 N–H and O–H groups in total. The predicted octanol–water partition coefficient (Wildman–Crippen LogP) is 0.741. The summed E-state index contributed by atoms with van der Waals surface area (Å²) in [5, 5.41) is 0. The molecule has 2 heterocycles. The van der Waals surface area contributed by atoms with Crippen molar-refractivity contribution >= 4 is 5.91 Å². The highest BCUT2D eigenvalue weighted by atomic mass is 16.2.